The molecule has 1 aliphatic carbocycles. The van der Waals surface area contributed by atoms with Crippen LogP contribution in [-0.4, -0.2) is 45.8 Å². The number of rotatable bonds is 2. The van der Waals surface area contributed by atoms with Crippen molar-refractivity contribution in [3.05, 3.63) is 36.2 Å². The van der Waals surface area contributed by atoms with Crippen molar-refractivity contribution in [1.29, 1.82) is 0 Å². The Morgan fingerprint density at radius 2 is 2.04 bits per heavy atom. The molecule has 1 aromatic heterocycles. The highest BCUT2D eigenvalue weighted by molar-refractivity contribution is 5.68. The molecule has 0 N–H and O–H groups in total. The lowest BCUT2D eigenvalue weighted by atomic mass is 9.86. The van der Waals surface area contributed by atoms with Gasteiger partial charge in [-0.15, -0.1) is 11.5 Å². The van der Waals surface area contributed by atoms with Gasteiger partial charge in [0.05, 0.1) is 17.5 Å². The number of hydrogen-bond acceptors (Lipinski definition) is 5. The van der Waals surface area contributed by atoms with Crippen molar-refractivity contribution in [3.8, 4) is 29.5 Å². The third-order valence-electron chi connectivity index (χ3n) is 4.76. The molecular weight excluding hydrogens is 288 g/mol. The van der Waals surface area contributed by atoms with Crippen LogP contribution in [0.3, 0.4) is 0 Å². The summed E-state index contributed by atoms with van der Waals surface area (Å²) in [5, 5.41) is 7.83. The van der Waals surface area contributed by atoms with Crippen molar-refractivity contribution in [1.82, 2.24) is 20.1 Å². The number of piperidine rings is 3. The van der Waals surface area contributed by atoms with Crippen LogP contribution in [0.4, 0.5) is 0 Å². The highest BCUT2D eigenvalue weighted by Crippen LogP contribution is 2.30. The smallest absolute Gasteiger partial charge is 0.249 e. The van der Waals surface area contributed by atoms with Crippen LogP contribution in [0.5, 0.6) is 5.88 Å². The molecule has 6 rings (SSSR count). The lowest BCUT2D eigenvalue weighted by Gasteiger charge is -2.44. The second kappa shape index (κ2) is 5.98. The van der Waals surface area contributed by atoms with Crippen molar-refractivity contribution < 1.29 is 4.74 Å². The van der Waals surface area contributed by atoms with E-state index in [9.17, 15) is 0 Å². The minimum Gasteiger partial charge on any atom is -0.471 e. The molecule has 0 spiro atoms. The molecule has 5 nitrogen and oxygen atoms in total. The Balaban J connectivity index is 0.000000186. The third kappa shape index (κ3) is 2.78. The normalized spacial score (nSPS) is 25.8. The van der Waals surface area contributed by atoms with E-state index in [-0.39, 0.29) is 6.10 Å². The van der Waals surface area contributed by atoms with Crippen molar-refractivity contribution in [2.24, 2.45) is 5.92 Å². The predicted octanol–water partition coefficient (Wildman–Crippen LogP) is 1.99. The molecule has 0 saturated carbocycles. The van der Waals surface area contributed by atoms with Gasteiger partial charge in [0, 0.05) is 18.3 Å². The van der Waals surface area contributed by atoms with Gasteiger partial charge in [-0.05, 0) is 50.0 Å². The zero-order chi connectivity index (χ0) is 15.6. The van der Waals surface area contributed by atoms with Crippen LogP contribution in [0.2, 0.25) is 0 Å². The molecular formula is C18H18N4O. The molecule has 5 heteroatoms. The van der Waals surface area contributed by atoms with Gasteiger partial charge in [0.2, 0.25) is 5.88 Å². The van der Waals surface area contributed by atoms with Crippen molar-refractivity contribution >= 4 is 0 Å². The Morgan fingerprint density at radius 3 is 2.52 bits per heavy atom. The molecule has 4 aliphatic heterocycles. The average molecular weight is 306 g/mol. The molecule has 23 heavy (non-hydrogen) atoms. The van der Waals surface area contributed by atoms with Crippen molar-refractivity contribution in [2.45, 2.75) is 18.9 Å². The van der Waals surface area contributed by atoms with Gasteiger partial charge in [0.25, 0.3) is 0 Å². The molecule has 0 radical (unpaired) electrons. The van der Waals surface area contributed by atoms with Crippen molar-refractivity contribution in [2.75, 3.05) is 19.6 Å². The van der Waals surface area contributed by atoms with Crippen LogP contribution in [0, 0.1) is 18.3 Å². The second-order valence-corrected chi connectivity index (χ2v) is 6.12. The van der Waals surface area contributed by atoms with Crippen LogP contribution < -0.4 is 4.74 Å². The number of aromatic nitrogens is 3. The Hall–Kier alpha value is -2.45. The van der Waals surface area contributed by atoms with E-state index in [4.69, 9.17) is 11.2 Å². The molecule has 0 amide bonds. The lowest BCUT2D eigenvalue weighted by Crippen LogP contribution is -2.52. The van der Waals surface area contributed by atoms with E-state index in [0.717, 1.165) is 6.54 Å². The monoisotopic (exact) mass is 306 g/mol. The number of ether oxygens (including phenoxy) is 1. The van der Waals surface area contributed by atoms with E-state index in [0.29, 0.717) is 17.4 Å². The van der Waals surface area contributed by atoms with E-state index in [2.05, 4.69) is 32.1 Å². The summed E-state index contributed by atoms with van der Waals surface area (Å²) in [7, 11) is 0. The van der Waals surface area contributed by atoms with E-state index in [1.54, 1.807) is 12.3 Å². The standard InChI is InChI=1S/C13H15N3O.C5H3N/c1-2-10-3-6-14-15-13(10)17-12-9-16-7-4-11(12)5-8-16;1-2-5-4(1)3-6-5/h1,3,6,11-12H,4-5,7-9H2;1-3H. The maximum Gasteiger partial charge on any atom is 0.249 e. The van der Waals surface area contributed by atoms with Gasteiger partial charge in [-0.3, -0.25) is 9.88 Å². The lowest BCUT2D eigenvalue weighted by molar-refractivity contribution is -0.0105. The van der Waals surface area contributed by atoms with Crippen LogP contribution >= 0.6 is 0 Å². The number of hydrogen-bond donors (Lipinski definition) is 0. The molecule has 3 saturated heterocycles. The summed E-state index contributed by atoms with van der Waals surface area (Å²) in [6.07, 6.45) is 11.6. The topological polar surface area (TPSA) is 51.1 Å². The zero-order valence-corrected chi connectivity index (χ0v) is 12.9. The first-order chi connectivity index (χ1) is 11.3. The third-order valence-corrected chi connectivity index (χ3v) is 4.76. The van der Waals surface area contributed by atoms with Gasteiger partial charge in [-0.25, -0.2) is 0 Å². The van der Waals surface area contributed by atoms with Gasteiger partial charge in [-0.2, -0.15) is 5.10 Å². The van der Waals surface area contributed by atoms with Gasteiger partial charge < -0.3 is 4.74 Å². The summed E-state index contributed by atoms with van der Waals surface area (Å²) in [5.41, 5.74) is 3.18. The Bertz CT molecular complexity index is 708. The second-order valence-electron chi connectivity index (χ2n) is 6.12. The van der Waals surface area contributed by atoms with Crippen LogP contribution in [0.25, 0.3) is 11.3 Å². The SMILES string of the molecule is C#Cc1ccnnc1OC1CN2CCC1CC2.c1cc2ncc1-2. The number of pyridine rings is 1. The summed E-state index contributed by atoms with van der Waals surface area (Å²) in [5.74, 6) is 3.74. The first-order valence-electron chi connectivity index (χ1n) is 7.97. The predicted molar refractivity (Wildman–Crippen MR) is 86.8 cm³/mol. The molecule has 1 aromatic rings. The van der Waals surface area contributed by atoms with Gasteiger partial charge in [-0.1, -0.05) is 5.92 Å². The molecule has 3 fully saturated rings. The van der Waals surface area contributed by atoms with E-state index in [1.807, 2.05) is 12.3 Å². The zero-order valence-electron chi connectivity index (χ0n) is 12.9. The van der Waals surface area contributed by atoms with E-state index in [1.165, 1.54) is 37.2 Å². The van der Waals surface area contributed by atoms with E-state index < -0.39 is 0 Å². The van der Waals surface area contributed by atoms with Gasteiger partial charge in [0.1, 0.15) is 6.10 Å². The summed E-state index contributed by atoms with van der Waals surface area (Å²) in [6, 6.07) is 5.83. The fraction of sp³-hybridized carbons (Fsp3) is 0.389. The molecule has 5 aliphatic rings. The van der Waals surface area contributed by atoms with Crippen LogP contribution in [-0.2, 0) is 0 Å². The Labute approximate surface area is 135 Å². The Morgan fingerprint density at radius 1 is 1.22 bits per heavy atom. The quantitative estimate of drug-likeness (QED) is 0.678. The first-order valence-corrected chi connectivity index (χ1v) is 7.97. The highest BCUT2D eigenvalue weighted by Gasteiger charge is 2.36. The molecule has 0 aromatic carbocycles. The summed E-state index contributed by atoms with van der Waals surface area (Å²) >= 11 is 0. The average Bonchev–Trinajstić information content (AvgIpc) is 2.60. The minimum atomic E-state index is 0.223. The van der Waals surface area contributed by atoms with Crippen LogP contribution in [0.15, 0.2) is 30.6 Å². The molecule has 1 unspecified atom stereocenters. The van der Waals surface area contributed by atoms with Gasteiger partial charge >= 0.3 is 0 Å². The minimum absolute atomic E-state index is 0.223. The summed E-state index contributed by atoms with van der Waals surface area (Å²) in [6.45, 7) is 3.39. The molecule has 1 atom stereocenters. The number of terminal acetylenes is 1. The summed E-state index contributed by atoms with van der Waals surface area (Å²) in [4.78, 5) is 6.35. The molecule has 5 heterocycles. The highest BCUT2D eigenvalue weighted by atomic mass is 16.5. The first kappa shape index (κ1) is 14.2. The molecule has 116 valence electrons. The molecule has 2 bridgehead atoms. The maximum atomic E-state index is 5.95. The maximum absolute atomic E-state index is 5.95. The van der Waals surface area contributed by atoms with E-state index >= 15 is 0 Å². The number of fused-ring (bicyclic) bond motifs is 4. The fourth-order valence-electron chi connectivity index (χ4n) is 3.26. The van der Waals surface area contributed by atoms with Crippen LogP contribution in [0.1, 0.15) is 18.4 Å². The largest absolute Gasteiger partial charge is 0.471 e. The van der Waals surface area contributed by atoms with Gasteiger partial charge in [0.15, 0.2) is 0 Å². The number of nitrogens with zero attached hydrogens (tertiary/aromatic N) is 4. The fourth-order valence-corrected chi connectivity index (χ4v) is 3.26. The van der Waals surface area contributed by atoms with Crippen molar-refractivity contribution in [3.63, 3.8) is 0 Å². The summed E-state index contributed by atoms with van der Waals surface area (Å²) < 4.78 is 5.95. The Kier molecular flexibility index (Phi) is 3.68.